The second-order valence-electron chi connectivity index (χ2n) is 6.08. The molecule has 0 spiro atoms. The highest BCUT2D eigenvalue weighted by Gasteiger charge is 2.17. The summed E-state index contributed by atoms with van der Waals surface area (Å²) in [6, 6.07) is 15.9. The maximum absolute atomic E-state index is 5.57. The summed E-state index contributed by atoms with van der Waals surface area (Å²) >= 11 is 4.97. The van der Waals surface area contributed by atoms with E-state index in [1.807, 2.05) is 60.0 Å². The van der Waals surface area contributed by atoms with Gasteiger partial charge >= 0.3 is 0 Å². The summed E-state index contributed by atoms with van der Waals surface area (Å²) in [5.41, 5.74) is 1.91. The molecule has 2 aromatic heterocycles. The molecule has 0 amide bonds. The van der Waals surface area contributed by atoms with Crippen molar-refractivity contribution in [3.05, 3.63) is 64.8 Å². The van der Waals surface area contributed by atoms with E-state index in [9.17, 15) is 0 Å². The van der Waals surface area contributed by atoms with Crippen LogP contribution in [0.4, 0.5) is 0 Å². The topological polar surface area (TPSA) is 78.9 Å². The van der Waals surface area contributed by atoms with Gasteiger partial charge in [-0.15, -0.1) is 20.4 Å². The molecule has 4 rings (SSSR count). The Hall–Kier alpha value is -2.65. The number of aromatic nitrogens is 5. The van der Waals surface area contributed by atoms with Crippen LogP contribution in [0.5, 0.6) is 5.75 Å². The number of thioether (sulfide) groups is 1. The molecule has 2 aromatic carbocycles. The lowest BCUT2D eigenvalue weighted by Gasteiger charge is -2.11. The summed E-state index contributed by atoms with van der Waals surface area (Å²) in [5.74, 6) is 3.19. The molecular weight excluding hydrogens is 454 g/mol. The summed E-state index contributed by atoms with van der Waals surface area (Å²) in [6.45, 7) is 4.36. The molecule has 0 aliphatic rings. The Labute approximate surface area is 180 Å². The summed E-state index contributed by atoms with van der Waals surface area (Å²) < 4.78 is 14.1. The van der Waals surface area contributed by atoms with E-state index < -0.39 is 0 Å². The van der Waals surface area contributed by atoms with E-state index in [4.69, 9.17) is 9.15 Å². The van der Waals surface area contributed by atoms with Crippen molar-refractivity contribution < 1.29 is 9.15 Å². The number of nitrogens with zero attached hydrogens (tertiary/aromatic N) is 5. The highest BCUT2D eigenvalue weighted by molar-refractivity contribution is 9.10. The molecule has 29 heavy (non-hydrogen) atoms. The number of benzene rings is 2. The Morgan fingerprint density at radius 3 is 2.41 bits per heavy atom. The quantitative estimate of drug-likeness (QED) is 0.347. The zero-order chi connectivity index (χ0) is 20.2. The molecule has 7 nitrogen and oxygen atoms in total. The zero-order valence-corrected chi connectivity index (χ0v) is 18.3. The van der Waals surface area contributed by atoms with E-state index in [0.29, 0.717) is 24.1 Å². The van der Waals surface area contributed by atoms with Gasteiger partial charge < -0.3 is 9.15 Å². The maximum Gasteiger partial charge on any atom is 0.226 e. The molecule has 0 aliphatic carbocycles. The average Bonchev–Trinajstić information content (AvgIpc) is 3.34. The van der Waals surface area contributed by atoms with Crippen molar-refractivity contribution in [3.8, 4) is 22.8 Å². The zero-order valence-electron chi connectivity index (χ0n) is 15.9. The van der Waals surface area contributed by atoms with Gasteiger partial charge in [-0.3, -0.25) is 4.57 Å². The summed E-state index contributed by atoms with van der Waals surface area (Å²) in [5, 5.41) is 17.5. The number of halogens is 1. The van der Waals surface area contributed by atoms with Crippen LogP contribution in [-0.2, 0) is 5.75 Å². The highest BCUT2D eigenvalue weighted by atomic mass is 79.9. The molecule has 0 bridgehead atoms. The van der Waals surface area contributed by atoms with Crippen molar-refractivity contribution in [2.45, 2.75) is 24.8 Å². The first-order valence-corrected chi connectivity index (χ1v) is 10.8. The summed E-state index contributed by atoms with van der Waals surface area (Å²) in [4.78, 5) is 0. The Bertz CT molecular complexity index is 1090. The minimum Gasteiger partial charge on any atom is -0.494 e. The van der Waals surface area contributed by atoms with E-state index in [1.165, 1.54) is 11.8 Å². The molecule has 0 N–H and O–H groups in total. The third-order valence-corrected chi connectivity index (χ3v) is 5.48. The number of hydrogen-bond donors (Lipinski definition) is 0. The van der Waals surface area contributed by atoms with E-state index >= 15 is 0 Å². The van der Waals surface area contributed by atoms with E-state index in [0.717, 1.165) is 32.5 Å². The lowest BCUT2D eigenvalue weighted by Crippen LogP contribution is -2.00. The van der Waals surface area contributed by atoms with Gasteiger partial charge in [-0.25, -0.2) is 0 Å². The van der Waals surface area contributed by atoms with Crippen LogP contribution in [0.2, 0.25) is 0 Å². The van der Waals surface area contributed by atoms with Crippen molar-refractivity contribution in [2.75, 3.05) is 6.61 Å². The van der Waals surface area contributed by atoms with Crippen LogP contribution in [-0.4, -0.2) is 31.6 Å². The first kappa shape index (κ1) is 19.7. The Balaban J connectivity index is 1.71. The SMILES string of the molecule is CCOc1ccc(-n2c(SCc3nnc(C)o3)nnc2-c2ccc(Br)cc2)cc1. The molecule has 148 valence electrons. The van der Waals surface area contributed by atoms with Gasteiger partial charge in [-0.2, -0.15) is 0 Å². The van der Waals surface area contributed by atoms with E-state index in [1.54, 1.807) is 6.92 Å². The van der Waals surface area contributed by atoms with Crippen molar-refractivity contribution in [1.82, 2.24) is 25.0 Å². The molecule has 0 aliphatic heterocycles. The highest BCUT2D eigenvalue weighted by Crippen LogP contribution is 2.30. The minimum absolute atomic E-state index is 0.510. The van der Waals surface area contributed by atoms with Gasteiger partial charge in [-0.05, 0) is 43.3 Å². The van der Waals surface area contributed by atoms with Gasteiger partial charge in [0.05, 0.1) is 12.4 Å². The normalized spacial score (nSPS) is 11.0. The Morgan fingerprint density at radius 1 is 1.00 bits per heavy atom. The van der Waals surface area contributed by atoms with Crippen molar-refractivity contribution in [2.24, 2.45) is 0 Å². The lowest BCUT2D eigenvalue weighted by atomic mass is 10.2. The first-order valence-electron chi connectivity index (χ1n) is 9.00. The van der Waals surface area contributed by atoms with Crippen molar-refractivity contribution in [3.63, 3.8) is 0 Å². The van der Waals surface area contributed by atoms with Gasteiger partial charge in [0.25, 0.3) is 0 Å². The van der Waals surface area contributed by atoms with Crippen LogP contribution in [0.3, 0.4) is 0 Å². The third kappa shape index (κ3) is 4.51. The van der Waals surface area contributed by atoms with Gasteiger partial charge in [0, 0.05) is 22.6 Å². The van der Waals surface area contributed by atoms with Crippen LogP contribution >= 0.6 is 27.7 Å². The van der Waals surface area contributed by atoms with Gasteiger partial charge in [0.2, 0.25) is 11.8 Å². The number of rotatable bonds is 7. The molecule has 0 unspecified atom stereocenters. The van der Waals surface area contributed by atoms with Crippen LogP contribution in [0, 0.1) is 6.92 Å². The predicted molar refractivity (Wildman–Crippen MR) is 114 cm³/mol. The first-order chi connectivity index (χ1) is 14.1. The Morgan fingerprint density at radius 2 is 1.76 bits per heavy atom. The molecule has 2 heterocycles. The molecule has 0 atom stereocenters. The minimum atomic E-state index is 0.510. The van der Waals surface area contributed by atoms with Crippen LogP contribution in [0.15, 0.2) is 62.6 Å². The third-order valence-electron chi connectivity index (χ3n) is 4.03. The fraction of sp³-hybridized carbons (Fsp3) is 0.200. The number of ether oxygens (including phenoxy) is 1. The largest absolute Gasteiger partial charge is 0.494 e. The van der Waals surface area contributed by atoms with Crippen LogP contribution in [0.25, 0.3) is 17.1 Å². The number of hydrogen-bond acceptors (Lipinski definition) is 7. The molecule has 4 aromatic rings. The Kier molecular flexibility index (Phi) is 5.96. The van der Waals surface area contributed by atoms with Crippen LogP contribution < -0.4 is 4.74 Å². The lowest BCUT2D eigenvalue weighted by molar-refractivity contribution is 0.340. The molecule has 9 heteroatoms. The second kappa shape index (κ2) is 8.79. The fourth-order valence-corrected chi connectivity index (χ4v) is 3.82. The smallest absolute Gasteiger partial charge is 0.226 e. The maximum atomic E-state index is 5.57. The van der Waals surface area contributed by atoms with Crippen LogP contribution in [0.1, 0.15) is 18.7 Å². The van der Waals surface area contributed by atoms with Crippen molar-refractivity contribution in [1.29, 1.82) is 0 Å². The predicted octanol–water partition coefficient (Wildman–Crippen LogP) is 5.08. The van der Waals surface area contributed by atoms with Gasteiger partial charge in [0.1, 0.15) is 5.75 Å². The fourth-order valence-electron chi connectivity index (χ4n) is 2.76. The average molecular weight is 472 g/mol. The van der Waals surface area contributed by atoms with Gasteiger partial charge in [-0.1, -0.05) is 39.8 Å². The van der Waals surface area contributed by atoms with E-state index in [2.05, 4.69) is 36.3 Å². The molecular formula is C20H18BrN5O2S. The molecule has 0 saturated carbocycles. The monoisotopic (exact) mass is 471 g/mol. The number of aryl methyl sites for hydroxylation is 1. The van der Waals surface area contributed by atoms with E-state index in [-0.39, 0.29) is 0 Å². The second-order valence-corrected chi connectivity index (χ2v) is 7.94. The van der Waals surface area contributed by atoms with Gasteiger partial charge in [0.15, 0.2) is 11.0 Å². The molecule has 0 fully saturated rings. The standard InChI is InChI=1S/C20H18BrN5O2S/c1-3-27-17-10-8-16(9-11-17)26-19(14-4-6-15(21)7-5-14)24-25-20(26)29-12-18-23-22-13(2)28-18/h4-11H,3,12H2,1-2H3. The summed E-state index contributed by atoms with van der Waals surface area (Å²) in [7, 11) is 0. The van der Waals surface area contributed by atoms with Crippen molar-refractivity contribution >= 4 is 27.7 Å². The summed E-state index contributed by atoms with van der Waals surface area (Å²) in [6.07, 6.45) is 0. The molecule has 0 radical (unpaired) electrons. The molecule has 0 saturated heterocycles.